The molecule has 1 heteroatoms. The molecule has 1 N–H and O–H groups in total. The molecule has 0 saturated carbocycles. The summed E-state index contributed by atoms with van der Waals surface area (Å²) in [5.74, 6) is 0.691. The van der Waals surface area contributed by atoms with Crippen LogP contribution >= 0.6 is 0 Å². The summed E-state index contributed by atoms with van der Waals surface area (Å²) in [6, 6.07) is 0.632. The van der Waals surface area contributed by atoms with E-state index in [0.717, 1.165) is 0 Å². The van der Waals surface area contributed by atoms with Crippen LogP contribution in [0.5, 0.6) is 0 Å². The van der Waals surface area contributed by atoms with Gasteiger partial charge >= 0.3 is 0 Å². The third-order valence-electron chi connectivity index (χ3n) is 2.67. The van der Waals surface area contributed by atoms with Crippen molar-refractivity contribution in [2.75, 3.05) is 0 Å². The maximum absolute atomic E-state index is 3.61. The first kappa shape index (κ1) is 11.0. The van der Waals surface area contributed by atoms with Crippen LogP contribution in [0.2, 0.25) is 0 Å². The molecular formula is C10H23N. The van der Waals surface area contributed by atoms with E-state index >= 15 is 0 Å². The van der Waals surface area contributed by atoms with Crippen molar-refractivity contribution in [2.24, 2.45) is 5.92 Å². The van der Waals surface area contributed by atoms with Crippen LogP contribution in [-0.2, 0) is 0 Å². The van der Waals surface area contributed by atoms with Gasteiger partial charge in [0, 0.05) is 11.6 Å². The van der Waals surface area contributed by atoms with Crippen LogP contribution in [0.25, 0.3) is 0 Å². The van der Waals surface area contributed by atoms with Crippen LogP contribution in [0.15, 0.2) is 0 Å². The van der Waals surface area contributed by atoms with E-state index in [1.807, 2.05) is 0 Å². The summed E-state index contributed by atoms with van der Waals surface area (Å²) in [6.45, 7) is 13.5. The highest BCUT2D eigenvalue weighted by atomic mass is 15.0. The summed E-state index contributed by atoms with van der Waals surface area (Å²) < 4.78 is 0. The fourth-order valence-corrected chi connectivity index (χ4v) is 0.904. The number of hydrogen-bond donors (Lipinski definition) is 1. The maximum Gasteiger partial charge on any atom is 0.0150 e. The fourth-order valence-electron chi connectivity index (χ4n) is 0.904. The van der Waals surface area contributed by atoms with Crippen LogP contribution in [-0.4, -0.2) is 11.6 Å². The summed E-state index contributed by atoms with van der Waals surface area (Å²) >= 11 is 0. The standard InChI is InChI=1S/C10H23N/c1-7-9(4)11-10(5,6)8(2)3/h8-9,11H,7H2,1-6H3. The van der Waals surface area contributed by atoms with Gasteiger partial charge in [0.15, 0.2) is 0 Å². The molecule has 68 valence electrons. The predicted molar refractivity (Wildman–Crippen MR) is 51.8 cm³/mol. The Balaban J connectivity index is 3.90. The first-order chi connectivity index (χ1) is 4.90. The smallest absolute Gasteiger partial charge is 0.0150 e. The van der Waals surface area contributed by atoms with Crippen molar-refractivity contribution in [1.29, 1.82) is 0 Å². The first-order valence-electron chi connectivity index (χ1n) is 4.67. The molecule has 0 saturated heterocycles. The second-order valence-electron chi connectivity index (χ2n) is 4.33. The van der Waals surface area contributed by atoms with Crippen molar-refractivity contribution in [3.05, 3.63) is 0 Å². The highest BCUT2D eigenvalue weighted by Crippen LogP contribution is 2.16. The molecule has 0 radical (unpaired) electrons. The Morgan fingerprint density at radius 2 is 1.64 bits per heavy atom. The van der Waals surface area contributed by atoms with Gasteiger partial charge in [-0.05, 0) is 33.1 Å². The van der Waals surface area contributed by atoms with E-state index in [1.165, 1.54) is 6.42 Å². The monoisotopic (exact) mass is 157 g/mol. The van der Waals surface area contributed by atoms with E-state index in [9.17, 15) is 0 Å². The molecule has 0 aliphatic rings. The third-order valence-corrected chi connectivity index (χ3v) is 2.67. The highest BCUT2D eigenvalue weighted by molar-refractivity contribution is 4.82. The predicted octanol–water partition coefficient (Wildman–Crippen LogP) is 2.81. The average molecular weight is 157 g/mol. The van der Waals surface area contributed by atoms with Crippen LogP contribution in [0.3, 0.4) is 0 Å². The summed E-state index contributed by atoms with van der Waals surface area (Å²) in [5, 5.41) is 3.61. The zero-order chi connectivity index (χ0) is 9.07. The Morgan fingerprint density at radius 3 is 1.91 bits per heavy atom. The van der Waals surface area contributed by atoms with E-state index in [2.05, 4.69) is 46.9 Å². The van der Waals surface area contributed by atoms with Gasteiger partial charge in [-0.3, -0.25) is 0 Å². The summed E-state index contributed by atoms with van der Waals surface area (Å²) in [7, 11) is 0. The highest BCUT2D eigenvalue weighted by Gasteiger charge is 2.22. The molecule has 0 aromatic rings. The van der Waals surface area contributed by atoms with Crippen LogP contribution in [0, 0.1) is 5.92 Å². The van der Waals surface area contributed by atoms with E-state index < -0.39 is 0 Å². The minimum absolute atomic E-state index is 0.273. The quantitative estimate of drug-likeness (QED) is 0.661. The molecular weight excluding hydrogens is 134 g/mol. The first-order valence-corrected chi connectivity index (χ1v) is 4.67. The second kappa shape index (κ2) is 4.10. The molecule has 0 amide bonds. The SMILES string of the molecule is CCC(C)NC(C)(C)C(C)C. The molecule has 0 bridgehead atoms. The Hall–Kier alpha value is -0.0400. The van der Waals surface area contributed by atoms with Gasteiger partial charge in [0.25, 0.3) is 0 Å². The van der Waals surface area contributed by atoms with Gasteiger partial charge in [0.1, 0.15) is 0 Å². The Morgan fingerprint density at radius 1 is 1.18 bits per heavy atom. The molecule has 0 aromatic heterocycles. The number of hydrogen-bond acceptors (Lipinski definition) is 1. The van der Waals surface area contributed by atoms with Gasteiger partial charge in [-0.25, -0.2) is 0 Å². The molecule has 0 aromatic carbocycles. The van der Waals surface area contributed by atoms with E-state index in [0.29, 0.717) is 12.0 Å². The largest absolute Gasteiger partial charge is 0.309 e. The second-order valence-corrected chi connectivity index (χ2v) is 4.33. The average Bonchev–Trinajstić information content (AvgIpc) is 1.86. The zero-order valence-corrected chi connectivity index (χ0v) is 8.86. The Bertz CT molecular complexity index is 105. The van der Waals surface area contributed by atoms with Crippen LogP contribution in [0.1, 0.15) is 48.0 Å². The molecule has 0 heterocycles. The molecule has 1 atom stereocenters. The van der Waals surface area contributed by atoms with Crippen molar-refractivity contribution in [2.45, 2.75) is 59.5 Å². The Labute approximate surface area is 71.6 Å². The summed E-state index contributed by atoms with van der Waals surface area (Å²) in [6.07, 6.45) is 1.20. The maximum atomic E-state index is 3.61. The van der Waals surface area contributed by atoms with E-state index in [4.69, 9.17) is 0 Å². The molecule has 0 fully saturated rings. The third kappa shape index (κ3) is 3.76. The molecule has 1 unspecified atom stereocenters. The molecule has 1 nitrogen and oxygen atoms in total. The van der Waals surface area contributed by atoms with E-state index in [-0.39, 0.29) is 5.54 Å². The fraction of sp³-hybridized carbons (Fsp3) is 1.00. The lowest BCUT2D eigenvalue weighted by Crippen LogP contribution is -2.48. The van der Waals surface area contributed by atoms with Crippen molar-refractivity contribution in [3.63, 3.8) is 0 Å². The summed E-state index contributed by atoms with van der Waals surface area (Å²) in [5.41, 5.74) is 0.273. The lowest BCUT2D eigenvalue weighted by Gasteiger charge is -2.33. The van der Waals surface area contributed by atoms with Crippen molar-refractivity contribution in [1.82, 2.24) is 5.32 Å². The van der Waals surface area contributed by atoms with Gasteiger partial charge in [0.2, 0.25) is 0 Å². The molecule has 0 rings (SSSR count). The van der Waals surface area contributed by atoms with Crippen LogP contribution < -0.4 is 5.32 Å². The van der Waals surface area contributed by atoms with Gasteiger partial charge in [-0.1, -0.05) is 20.8 Å². The van der Waals surface area contributed by atoms with Gasteiger partial charge in [-0.15, -0.1) is 0 Å². The number of rotatable bonds is 4. The molecule has 11 heavy (non-hydrogen) atoms. The van der Waals surface area contributed by atoms with Gasteiger partial charge in [-0.2, -0.15) is 0 Å². The zero-order valence-electron chi connectivity index (χ0n) is 8.86. The topological polar surface area (TPSA) is 12.0 Å². The molecule has 0 aliphatic carbocycles. The van der Waals surface area contributed by atoms with Crippen LogP contribution in [0.4, 0.5) is 0 Å². The lowest BCUT2D eigenvalue weighted by atomic mass is 9.90. The van der Waals surface area contributed by atoms with Crippen molar-refractivity contribution >= 4 is 0 Å². The van der Waals surface area contributed by atoms with E-state index in [1.54, 1.807) is 0 Å². The van der Waals surface area contributed by atoms with Gasteiger partial charge < -0.3 is 5.32 Å². The summed E-state index contributed by atoms with van der Waals surface area (Å²) in [4.78, 5) is 0. The van der Waals surface area contributed by atoms with Crippen molar-refractivity contribution < 1.29 is 0 Å². The van der Waals surface area contributed by atoms with Gasteiger partial charge in [0.05, 0.1) is 0 Å². The Kier molecular flexibility index (Phi) is 4.09. The molecule has 0 spiro atoms. The minimum atomic E-state index is 0.273. The number of nitrogens with one attached hydrogen (secondary N) is 1. The normalized spacial score (nSPS) is 15.5. The minimum Gasteiger partial charge on any atom is -0.309 e. The lowest BCUT2D eigenvalue weighted by molar-refractivity contribution is 0.258. The van der Waals surface area contributed by atoms with Crippen molar-refractivity contribution in [3.8, 4) is 0 Å². The molecule has 0 aliphatic heterocycles.